The van der Waals surface area contributed by atoms with Crippen molar-refractivity contribution in [3.8, 4) is 0 Å². The predicted octanol–water partition coefficient (Wildman–Crippen LogP) is -1.24. The minimum atomic E-state index is -1.48. The van der Waals surface area contributed by atoms with E-state index in [1.807, 2.05) is 0 Å². The highest BCUT2D eigenvalue weighted by Crippen LogP contribution is 2.38. The second-order valence-electron chi connectivity index (χ2n) is 10.3. The van der Waals surface area contributed by atoms with Gasteiger partial charge in [0.2, 0.25) is 0 Å². The SMILES string of the molecule is CC1(C)O[C@@H]2[C@@H](O)[C@H](O[C@H]3[C@H](O)[C@@H](O)[C@H](OCC[Si](C)(C)C)O[C@@H]3CO)O[C@H](CO)[C@@H]2O1. The van der Waals surface area contributed by atoms with Crippen molar-refractivity contribution in [2.24, 2.45) is 0 Å². The second kappa shape index (κ2) is 10.2. The number of ether oxygens (including phenoxy) is 6. The van der Waals surface area contributed by atoms with Gasteiger partial charge in [0.25, 0.3) is 0 Å². The van der Waals surface area contributed by atoms with E-state index in [9.17, 15) is 25.5 Å². The largest absolute Gasteiger partial charge is 0.394 e. The zero-order valence-electron chi connectivity index (χ0n) is 19.3. The van der Waals surface area contributed by atoms with E-state index < -0.39 is 88.5 Å². The quantitative estimate of drug-likeness (QED) is 0.264. The van der Waals surface area contributed by atoms with Crippen LogP contribution in [0.1, 0.15) is 13.8 Å². The lowest BCUT2D eigenvalue weighted by molar-refractivity contribution is -0.353. The molecule has 0 aromatic carbocycles. The van der Waals surface area contributed by atoms with Gasteiger partial charge >= 0.3 is 0 Å². The standard InChI is InChI=1S/C20H38O11Si/c1-20(2)30-16-11(9-22)28-19(14(25)17(16)31-20)29-15-10(8-21)27-18(13(24)12(15)23)26-6-7-32(3,4)5/h10-19,21-25H,6-9H2,1-5H3/t10-,11-,12-,13-,14-,15-,16+,17-,18-,19+/m1/s1. The number of rotatable bonds is 8. The second-order valence-corrected chi connectivity index (χ2v) is 15.9. The first-order valence-electron chi connectivity index (χ1n) is 11.1. The maximum Gasteiger partial charge on any atom is 0.187 e. The van der Waals surface area contributed by atoms with Crippen LogP contribution in [0.25, 0.3) is 0 Å². The molecule has 0 aliphatic carbocycles. The molecule has 0 saturated carbocycles. The highest BCUT2D eigenvalue weighted by molar-refractivity contribution is 6.76. The Balaban J connectivity index is 1.67. The molecule has 3 aliphatic rings. The van der Waals surface area contributed by atoms with Gasteiger partial charge in [0.05, 0.1) is 13.2 Å². The topological polar surface area (TPSA) is 157 Å². The molecule has 0 unspecified atom stereocenters. The van der Waals surface area contributed by atoms with Crippen molar-refractivity contribution in [2.75, 3.05) is 19.8 Å². The van der Waals surface area contributed by atoms with Crippen molar-refractivity contribution in [1.29, 1.82) is 0 Å². The summed E-state index contributed by atoms with van der Waals surface area (Å²) in [4.78, 5) is 0. The first-order valence-corrected chi connectivity index (χ1v) is 14.8. The van der Waals surface area contributed by atoms with Gasteiger partial charge in [-0.3, -0.25) is 0 Å². The average molecular weight is 483 g/mol. The van der Waals surface area contributed by atoms with Crippen molar-refractivity contribution in [2.45, 2.75) is 107 Å². The Bertz CT molecular complexity index is 613. The summed E-state index contributed by atoms with van der Waals surface area (Å²) in [6.07, 6.45) is -11.3. The molecular weight excluding hydrogens is 444 g/mol. The van der Waals surface area contributed by atoms with Crippen LogP contribution < -0.4 is 0 Å². The Morgan fingerprint density at radius 1 is 0.812 bits per heavy atom. The first-order chi connectivity index (χ1) is 14.9. The lowest BCUT2D eigenvalue weighted by Gasteiger charge is -2.45. The minimum absolute atomic E-state index is 0.354. The Morgan fingerprint density at radius 3 is 2.00 bits per heavy atom. The molecule has 0 aromatic rings. The van der Waals surface area contributed by atoms with E-state index >= 15 is 0 Å². The molecule has 3 heterocycles. The number of aliphatic hydroxyl groups is 5. The van der Waals surface area contributed by atoms with Crippen LogP contribution >= 0.6 is 0 Å². The van der Waals surface area contributed by atoms with Crippen LogP contribution in [0, 0.1) is 0 Å². The number of hydrogen-bond donors (Lipinski definition) is 5. The maximum atomic E-state index is 10.8. The molecule has 12 heteroatoms. The molecule has 11 nitrogen and oxygen atoms in total. The van der Waals surface area contributed by atoms with Gasteiger partial charge in [-0.05, 0) is 19.9 Å². The van der Waals surface area contributed by atoms with Crippen LogP contribution in [0.5, 0.6) is 0 Å². The lowest BCUT2D eigenvalue weighted by atomic mass is 9.97. The van der Waals surface area contributed by atoms with Crippen LogP contribution in [0.15, 0.2) is 0 Å². The zero-order chi connectivity index (χ0) is 23.8. The Kier molecular flexibility index (Phi) is 8.39. The molecule has 0 radical (unpaired) electrons. The van der Waals surface area contributed by atoms with E-state index in [-0.39, 0.29) is 0 Å². The minimum Gasteiger partial charge on any atom is -0.394 e. The summed E-state index contributed by atoms with van der Waals surface area (Å²) in [6, 6.07) is 0.838. The summed E-state index contributed by atoms with van der Waals surface area (Å²) in [5.74, 6) is -0.986. The predicted molar refractivity (Wildman–Crippen MR) is 112 cm³/mol. The van der Waals surface area contributed by atoms with Crippen LogP contribution in [-0.4, -0.2) is 121 Å². The zero-order valence-corrected chi connectivity index (χ0v) is 20.3. The summed E-state index contributed by atoms with van der Waals surface area (Å²) in [6.45, 7) is 9.34. The summed E-state index contributed by atoms with van der Waals surface area (Å²) in [7, 11) is -1.37. The number of aliphatic hydroxyl groups excluding tert-OH is 5. The first kappa shape index (κ1) is 26.4. The fourth-order valence-corrected chi connectivity index (χ4v) is 4.84. The van der Waals surface area contributed by atoms with E-state index in [0.29, 0.717) is 6.61 Å². The molecule has 0 aromatic heterocycles. The smallest absolute Gasteiger partial charge is 0.187 e. The fourth-order valence-electron chi connectivity index (χ4n) is 4.11. The summed E-state index contributed by atoms with van der Waals surface area (Å²) >= 11 is 0. The van der Waals surface area contributed by atoms with Crippen molar-refractivity contribution < 1.29 is 54.0 Å². The van der Waals surface area contributed by atoms with Crippen molar-refractivity contribution in [3.05, 3.63) is 0 Å². The van der Waals surface area contributed by atoms with E-state index in [2.05, 4.69) is 19.6 Å². The molecule has 32 heavy (non-hydrogen) atoms. The number of hydrogen-bond acceptors (Lipinski definition) is 11. The molecule has 0 bridgehead atoms. The van der Waals surface area contributed by atoms with Crippen LogP contribution in [0.3, 0.4) is 0 Å². The van der Waals surface area contributed by atoms with Crippen molar-refractivity contribution in [1.82, 2.24) is 0 Å². The normalized spacial score (nSPS) is 44.4. The lowest BCUT2D eigenvalue weighted by Crippen LogP contribution is -2.64. The van der Waals surface area contributed by atoms with Gasteiger partial charge in [-0.1, -0.05) is 19.6 Å². The highest BCUT2D eigenvalue weighted by atomic mass is 28.3. The fraction of sp³-hybridized carbons (Fsp3) is 1.00. The molecule has 188 valence electrons. The van der Waals surface area contributed by atoms with Gasteiger partial charge < -0.3 is 54.0 Å². The van der Waals surface area contributed by atoms with Crippen LogP contribution in [-0.2, 0) is 28.4 Å². The third-order valence-corrected chi connectivity index (χ3v) is 7.58. The van der Waals surface area contributed by atoms with Gasteiger partial charge in [0.15, 0.2) is 18.4 Å². The van der Waals surface area contributed by atoms with E-state index in [1.165, 1.54) is 0 Å². The molecule has 3 saturated heterocycles. The average Bonchev–Trinajstić information content (AvgIpc) is 3.03. The molecular formula is C20H38O11Si. The van der Waals surface area contributed by atoms with Crippen LogP contribution in [0.4, 0.5) is 0 Å². The molecule has 0 amide bonds. The summed E-state index contributed by atoms with van der Waals surface area (Å²) < 4.78 is 34.2. The van der Waals surface area contributed by atoms with Gasteiger partial charge in [-0.25, -0.2) is 0 Å². The van der Waals surface area contributed by atoms with Gasteiger partial charge in [-0.2, -0.15) is 0 Å². The van der Waals surface area contributed by atoms with Gasteiger partial charge in [0, 0.05) is 14.7 Å². The Hall–Kier alpha value is -0.223. The van der Waals surface area contributed by atoms with E-state index in [4.69, 9.17) is 28.4 Å². The Labute approximate surface area is 189 Å². The van der Waals surface area contributed by atoms with E-state index in [0.717, 1.165) is 6.04 Å². The highest BCUT2D eigenvalue weighted by Gasteiger charge is 2.56. The molecule has 5 N–H and O–H groups in total. The molecule has 3 fully saturated rings. The maximum absolute atomic E-state index is 10.8. The van der Waals surface area contributed by atoms with Gasteiger partial charge in [-0.15, -0.1) is 0 Å². The molecule has 3 aliphatic heterocycles. The van der Waals surface area contributed by atoms with Crippen molar-refractivity contribution >= 4 is 8.07 Å². The Morgan fingerprint density at radius 2 is 1.41 bits per heavy atom. The van der Waals surface area contributed by atoms with Crippen LogP contribution in [0.2, 0.25) is 25.7 Å². The van der Waals surface area contributed by atoms with E-state index in [1.54, 1.807) is 13.8 Å². The number of fused-ring (bicyclic) bond motifs is 1. The summed E-state index contributed by atoms with van der Waals surface area (Å²) in [5.41, 5.74) is 0. The summed E-state index contributed by atoms with van der Waals surface area (Å²) in [5, 5.41) is 51.5. The molecule has 10 atom stereocenters. The van der Waals surface area contributed by atoms with Crippen molar-refractivity contribution in [3.63, 3.8) is 0 Å². The monoisotopic (exact) mass is 482 g/mol. The third-order valence-electron chi connectivity index (χ3n) is 5.88. The molecule has 0 spiro atoms. The third kappa shape index (κ3) is 5.88. The molecule has 3 rings (SSSR count). The van der Waals surface area contributed by atoms with Gasteiger partial charge in [0.1, 0.15) is 48.8 Å².